The number of thioether (sulfide) groups is 2. The predicted octanol–water partition coefficient (Wildman–Crippen LogP) is 3.20. The van der Waals surface area contributed by atoms with Crippen LogP contribution in [0.5, 0.6) is 0 Å². The predicted molar refractivity (Wildman–Crippen MR) is 99.4 cm³/mol. The summed E-state index contributed by atoms with van der Waals surface area (Å²) in [6.07, 6.45) is 1.55. The minimum absolute atomic E-state index is 0.178. The van der Waals surface area contributed by atoms with Crippen molar-refractivity contribution in [3.8, 4) is 0 Å². The first kappa shape index (κ1) is 22.2. The van der Waals surface area contributed by atoms with Crippen LogP contribution < -0.4 is 11.0 Å². The Morgan fingerprint density at radius 2 is 1.48 bits per heavy atom. The second-order valence-corrected chi connectivity index (χ2v) is 13.1. The molecule has 0 aromatic rings. The van der Waals surface area contributed by atoms with Gasteiger partial charge in [0.1, 0.15) is 8.30 Å². The SMILES string of the molecule is CC(C)(CCSCCSCCC(C)(C)P(N)(=O)O)P(N)O. The minimum Gasteiger partial charge on any atom is -0.359 e. The van der Waals surface area contributed by atoms with Gasteiger partial charge in [-0.05, 0) is 38.2 Å². The molecule has 0 aromatic carbocycles. The van der Waals surface area contributed by atoms with Gasteiger partial charge in [0.2, 0.25) is 0 Å². The second kappa shape index (κ2) is 9.48. The highest BCUT2D eigenvalue weighted by Crippen LogP contribution is 2.49. The van der Waals surface area contributed by atoms with Gasteiger partial charge in [-0.1, -0.05) is 13.8 Å². The Morgan fingerprint density at radius 3 is 1.86 bits per heavy atom. The molecule has 0 spiro atoms. The fraction of sp³-hybridized carbons (Fsp3) is 1.00. The van der Waals surface area contributed by atoms with E-state index in [-0.39, 0.29) is 5.16 Å². The van der Waals surface area contributed by atoms with Crippen molar-refractivity contribution in [2.45, 2.75) is 50.8 Å². The second-order valence-electron chi connectivity index (χ2n) is 6.32. The normalized spacial score (nSPS) is 17.5. The molecule has 2 unspecified atom stereocenters. The van der Waals surface area contributed by atoms with E-state index >= 15 is 0 Å². The van der Waals surface area contributed by atoms with Gasteiger partial charge in [-0.2, -0.15) is 23.5 Å². The molecule has 0 fully saturated rings. The largest absolute Gasteiger partial charge is 0.359 e. The lowest BCUT2D eigenvalue weighted by Crippen LogP contribution is -2.25. The topological polar surface area (TPSA) is 110 Å². The van der Waals surface area contributed by atoms with Gasteiger partial charge in [0.05, 0.1) is 5.16 Å². The highest BCUT2D eigenvalue weighted by Gasteiger charge is 2.34. The molecule has 0 aliphatic heterocycles. The lowest BCUT2D eigenvalue weighted by atomic mass is 10.1. The quantitative estimate of drug-likeness (QED) is 0.324. The lowest BCUT2D eigenvalue weighted by Gasteiger charge is -2.27. The summed E-state index contributed by atoms with van der Waals surface area (Å²) in [7, 11) is -4.89. The van der Waals surface area contributed by atoms with E-state index in [2.05, 4.69) is 0 Å². The van der Waals surface area contributed by atoms with E-state index in [9.17, 15) is 14.4 Å². The Bertz CT molecular complexity index is 349. The van der Waals surface area contributed by atoms with Crippen LogP contribution in [0.2, 0.25) is 0 Å². The first-order chi connectivity index (χ1) is 9.40. The first-order valence-electron chi connectivity index (χ1n) is 6.91. The number of hydrogen-bond acceptors (Lipinski definition) is 5. The highest BCUT2D eigenvalue weighted by atomic mass is 32.2. The third-order valence-electron chi connectivity index (χ3n) is 3.58. The molecule has 6 N–H and O–H groups in total. The Kier molecular flexibility index (Phi) is 10.0. The van der Waals surface area contributed by atoms with Crippen molar-refractivity contribution in [2.75, 3.05) is 23.0 Å². The van der Waals surface area contributed by atoms with E-state index in [0.717, 1.165) is 29.4 Å². The van der Waals surface area contributed by atoms with E-state index in [1.165, 1.54) is 0 Å². The van der Waals surface area contributed by atoms with Crippen LogP contribution in [0.1, 0.15) is 40.5 Å². The monoisotopic (exact) mass is 376 g/mol. The molecular weight excluding hydrogens is 346 g/mol. The Hall–Kier alpha value is 1.20. The van der Waals surface area contributed by atoms with Gasteiger partial charge in [-0.3, -0.25) is 15.6 Å². The molecular formula is C12H30N2O3P2S2. The molecule has 0 radical (unpaired) electrons. The zero-order chi connectivity index (χ0) is 16.7. The molecule has 5 nitrogen and oxygen atoms in total. The van der Waals surface area contributed by atoms with Gasteiger partial charge >= 0.3 is 0 Å². The summed E-state index contributed by atoms with van der Waals surface area (Å²) in [5.41, 5.74) is 10.9. The van der Waals surface area contributed by atoms with Crippen LogP contribution in [0, 0.1) is 0 Å². The van der Waals surface area contributed by atoms with Crippen LogP contribution in [0.3, 0.4) is 0 Å². The molecule has 0 aliphatic carbocycles. The molecule has 9 heteroatoms. The van der Waals surface area contributed by atoms with Gasteiger partial charge in [0.15, 0.2) is 0 Å². The summed E-state index contributed by atoms with van der Waals surface area (Å²) >= 11 is 3.64. The fourth-order valence-electron chi connectivity index (χ4n) is 1.24. The van der Waals surface area contributed by atoms with E-state index < -0.39 is 21.0 Å². The maximum atomic E-state index is 11.5. The molecule has 0 rings (SSSR count). The molecule has 0 bridgehead atoms. The third-order valence-corrected chi connectivity index (χ3v) is 9.23. The van der Waals surface area contributed by atoms with Gasteiger partial charge in [-0.25, -0.2) is 0 Å². The molecule has 2 atom stereocenters. The summed E-state index contributed by atoms with van der Waals surface area (Å²) < 4.78 is 11.5. The van der Waals surface area contributed by atoms with Crippen molar-refractivity contribution >= 4 is 39.3 Å². The number of nitrogens with two attached hydrogens (primary N) is 2. The molecule has 0 amide bonds. The highest BCUT2D eigenvalue weighted by molar-refractivity contribution is 8.02. The van der Waals surface area contributed by atoms with Crippen molar-refractivity contribution in [1.29, 1.82) is 0 Å². The smallest absolute Gasteiger partial charge is 0.270 e. The lowest BCUT2D eigenvalue weighted by molar-refractivity contribution is 0.434. The maximum absolute atomic E-state index is 11.5. The molecule has 0 aliphatic rings. The van der Waals surface area contributed by atoms with Gasteiger partial charge in [0, 0.05) is 16.7 Å². The van der Waals surface area contributed by atoms with Crippen molar-refractivity contribution in [3.63, 3.8) is 0 Å². The zero-order valence-corrected chi connectivity index (χ0v) is 16.8. The molecule has 0 heterocycles. The Balaban J connectivity index is 3.65. The summed E-state index contributed by atoms with van der Waals surface area (Å²) in [4.78, 5) is 18.9. The number of rotatable bonds is 11. The van der Waals surface area contributed by atoms with Crippen LogP contribution >= 0.6 is 39.3 Å². The summed E-state index contributed by atoms with van der Waals surface area (Å²) in [6.45, 7) is 7.47. The van der Waals surface area contributed by atoms with E-state index in [1.54, 1.807) is 25.6 Å². The van der Waals surface area contributed by atoms with Crippen LogP contribution in [-0.2, 0) is 4.57 Å². The van der Waals surface area contributed by atoms with Crippen LogP contribution in [0.25, 0.3) is 0 Å². The van der Waals surface area contributed by atoms with Crippen molar-refractivity contribution in [1.82, 2.24) is 0 Å². The number of hydrogen-bond donors (Lipinski definition) is 4. The van der Waals surface area contributed by atoms with E-state index in [1.807, 2.05) is 25.6 Å². The summed E-state index contributed by atoms with van der Waals surface area (Å²) in [5, 5.41) is -0.889. The van der Waals surface area contributed by atoms with Crippen molar-refractivity contribution in [2.24, 2.45) is 11.0 Å². The average molecular weight is 376 g/mol. The van der Waals surface area contributed by atoms with Crippen LogP contribution in [0.15, 0.2) is 0 Å². The molecule has 21 heavy (non-hydrogen) atoms. The minimum atomic E-state index is -3.52. The third kappa shape index (κ3) is 9.17. The van der Waals surface area contributed by atoms with E-state index in [4.69, 9.17) is 11.0 Å². The fourth-order valence-corrected chi connectivity index (χ4v) is 4.98. The van der Waals surface area contributed by atoms with Crippen molar-refractivity contribution in [3.05, 3.63) is 0 Å². The van der Waals surface area contributed by atoms with Crippen LogP contribution in [0.4, 0.5) is 0 Å². The van der Waals surface area contributed by atoms with E-state index in [0.29, 0.717) is 6.42 Å². The zero-order valence-electron chi connectivity index (χ0n) is 13.4. The molecule has 0 saturated carbocycles. The summed E-state index contributed by atoms with van der Waals surface area (Å²) in [5.74, 6) is 3.88. The maximum Gasteiger partial charge on any atom is 0.270 e. The summed E-state index contributed by atoms with van der Waals surface area (Å²) in [6, 6.07) is 0. The first-order valence-corrected chi connectivity index (χ1v) is 12.3. The molecule has 128 valence electrons. The average Bonchev–Trinajstić information content (AvgIpc) is 2.30. The van der Waals surface area contributed by atoms with Gasteiger partial charge in [-0.15, -0.1) is 0 Å². The van der Waals surface area contributed by atoms with Crippen molar-refractivity contribution < 1.29 is 14.4 Å². The molecule has 0 aromatic heterocycles. The Morgan fingerprint density at radius 1 is 1.05 bits per heavy atom. The van der Waals surface area contributed by atoms with Gasteiger partial charge in [0.25, 0.3) is 7.52 Å². The standard InChI is InChI=1S/C12H30N2O3P2S2/c1-11(2,18(13)15)5-7-20-9-10-21-8-6-12(3,4)19(14,16)17/h15H,5-10,13H2,1-4H3,(H3,14,16,17). The van der Waals surface area contributed by atoms with Gasteiger partial charge < -0.3 is 9.79 Å². The van der Waals surface area contributed by atoms with Crippen LogP contribution in [-0.4, -0.2) is 43.1 Å². The Labute approximate surface area is 138 Å². The molecule has 0 saturated heterocycles.